The molecule has 2 rings (SSSR count). The summed E-state index contributed by atoms with van der Waals surface area (Å²) in [4.78, 5) is 37.5. The highest BCUT2D eigenvalue weighted by molar-refractivity contribution is 5.92. The summed E-state index contributed by atoms with van der Waals surface area (Å²) in [7, 11) is 0. The molecule has 1 fully saturated rings. The van der Waals surface area contributed by atoms with Gasteiger partial charge in [-0.15, -0.1) is 0 Å². The molecule has 0 aliphatic carbocycles. The molecule has 0 radical (unpaired) electrons. The molecule has 1 heterocycles. The van der Waals surface area contributed by atoms with Crippen LogP contribution in [0.4, 0.5) is 5.69 Å². The van der Waals surface area contributed by atoms with Gasteiger partial charge in [-0.05, 0) is 18.6 Å². The van der Waals surface area contributed by atoms with E-state index in [1.165, 1.54) is 25.1 Å². The van der Waals surface area contributed by atoms with Crippen LogP contribution in [0.15, 0.2) is 30.3 Å². The quantitative estimate of drug-likeness (QED) is 0.482. The summed E-state index contributed by atoms with van der Waals surface area (Å²) in [6.45, 7) is 3.72. The zero-order valence-electron chi connectivity index (χ0n) is 13.0. The lowest BCUT2D eigenvalue weighted by Crippen LogP contribution is -2.35. The minimum atomic E-state index is -0.471. The number of nitrogens with zero attached hydrogens (tertiary/aromatic N) is 3. The molecule has 1 aliphatic heterocycles. The Kier molecular flexibility index (Phi) is 5.46. The number of nitro groups is 1. The summed E-state index contributed by atoms with van der Waals surface area (Å²) in [5.74, 6) is -0.191. The maximum absolute atomic E-state index is 12.2. The summed E-state index contributed by atoms with van der Waals surface area (Å²) < 4.78 is 0. The lowest BCUT2D eigenvalue weighted by Gasteiger charge is -2.20. The van der Waals surface area contributed by atoms with Gasteiger partial charge in [-0.2, -0.15) is 0 Å². The van der Waals surface area contributed by atoms with Crippen LogP contribution in [0.2, 0.25) is 0 Å². The molecular weight excluding hydrogens is 298 g/mol. The number of nitro benzene ring substituents is 1. The van der Waals surface area contributed by atoms with Gasteiger partial charge in [-0.3, -0.25) is 19.7 Å². The van der Waals surface area contributed by atoms with Crippen LogP contribution >= 0.6 is 0 Å². The maximum atomic E-state index is 12.2. The largest absolute Gasteiger partial charge is 0.341 e. The average Bonchev–Trinajstić information content (AvgIpc) is 2.79. The van der Waals surface area contributed by atoms with E-state index < -0.39 is 4.92 Å². The Balaban J connectivity index is 2.04. The topological polar surface area (TPSA) is 83.8 Å². The van der Waals surface area contributed by atoms with Crippen molar-refractivity contribution in [2.45, 2.75) is 13.3 Å². The summed E-state index contributed by atoms with van der Waals surface area (Å²) in [6, 6.07) is 6.28. The van der Waals surface area contributed by atoms with Gasteiger partial charge in [0.25, 0.3) is 5.69 Å². The van der Waals surface area contributed by atoms with Gasteiger partial charge >= 0.3 is 0 Å². The van der Waals surface area contributed by atoms with Gasteiger partial charge in [0.1, 0.15) is 0 Å². The lowest BCUT2D eigenvalue weighted by atomic mass is 10.1. The SMILES string of the molecule is CC(=O)N1CCCN(C(=O)/C=C/c2ccccc2[N+](=O)[O-])CC1. The summed E-state index contributed by atoms with van der Waals surface area (Å²) in [5, 5.41) is 11.0. The highest BCUT2D eigenvalue weighted by Crippen LogP contribution is 2.19. The normalized spacial score (nSPS) is 15.5. The van der Waals surface area contributed by atoms with Gasteiger partial charge in [-0.1, -0.05) is 12.1 Å². The van der Waals surface area contributed by atoms with Crippen LogP contribution in [0, 0.1) is 10.1 Å². The standard InChI is InChI=1S/C16H19N3O4/c1-13(20)17-9-4-10-18(12-11-17)16(21)8-7-14-5-2-3-6-15(14)19(22)23/h2-3,5-8H,4,9-12H2,1H3/b8-7+. The molecule has 7 nitrogen and oxygen atoms in total. The van der Waals surface area contributed by atoms with Crippen molar-refractivity contribution in [1.82, 2.24) is 9.80 Å². The van der Waals surface area contributed by atoms with Crippen LogP contribution in [-0.2, 0) is 9.59 Å². The number of hydrogen-bond donors (Lipinski definition) is 0. The van der Waals surface area contributed by atoms with Crippen molar-refractivity contribution in [2.75, 3.05) is 26.2 Å². The van der Waals surface area contributed by atoms with Crippen molar-refractivity contribution < 1.29 is 14.5 Å². The van der Waals surface area contributed by atoms with Crippen molar-refractivity contribution in [3.63, 3.8) is 0 Å². The lowest BCUT2D eigenvalue weighted by molar-refractivity contribution is -0.385. The van der Waals surface area contributed by atoms with Crippen LogP contribution in [0.5, 0.6) is 0 Å². The first kappa shape index (κ1) is 16.7. The number of carbonyl (C=O) groups excluding carboxylic acids is 2. The Labute approximate surface area is 134 Å². The number of para-hydroxylation sites is 1. The van der Waals surface area contributed by atoms with Crippen molar-refractivity contribution in [3.05, 3.63) is 46.0 Å². The van der Waals surface area contributed by atoms with Crippen LogP contribution in [0.25, 0.3) is 6.08 Å². The highest BCUT2D eigenvalue weighted by Gasteiger charge is 2.19. The van der Waals surface area contributed by atoms with Gasteiger partial charge in [-0.25, -0.2) is 0 Å². The van der Waals surface area contributed by atoms with Gasteiger partial charge < -0.3 is 9.80 Å². The molecule has 0 saturated carbocycles. The van der Waals surface area contributed by atoms with E-state index in [1.54, 1.807) is 28.0 Å². The van der Waals surface area contributed by atoms with Gasteiger partial charge in [0.2, 0.25) is 11.8 Å². The fraction of sp³-hybridized carbons (Fsp3) is 0.375. The number of amides is 2. The van der Waals surface area contributed by atoms with Crippen molar-refractivity contribution in [3.8, 4) is 0 Å². The molecule has 1 saturated heterocycles. The minimum absolute atomic E-state index is 0.00903. The van der Waals surface area contributed by atoms with Crippen LogP contribution < -0.4 is 0 Å². The molecule has 0 unspecified atom stereocenters. The average molecular weight is 317 g/mol. The first-order valence-electron chi connectivity index (χ1n) is 7.45. The van der Waals surface area contributed by atoms with Crippen molar-refractivity contribution in [2.24, 2.45) is 0 Å². The third-order valence-electron chi connectivity index (χ3n) is 3.79. The van der Waals surface area contributed by atoms with Gasteiger partial charge in [0.05, 0.1) is 10.5 Å². The third kappa shape index (κ3) is 4.38. The number of hydrogen-bond acceptors (Lipinski definition) is 4. The Morgan fingerprint density at radius 1 is 1.13 bits per heavy atom. The molecule has 1 aromatic carbocycles. The molecule has 0 bridgehead atoms. The van der Waals surface area contributed by atoms with E-state index in [9.17, 15) is 19.7 Å². The predicted octanol–water partition coefficient (Wildman–Crippen LogP) is 1.69. The number of benzene rings is 1. The van der Waals surface area contributed by atoms with E-state index >= 15 is 0 Å². The predicted molar refractivity (Wildman–Crippen MR) is 85.6 cm³/mol. The molecule has 2 amide bonds. The molecular formula is C16H19N3O4. The fourth-order valence-electron chi connectivity index (χ4n) is 2.51. The summed E-state index contributed by atoms with van der Waals surface area (Å²) in [5.41, 5.74) is 0.362. The number of rotatable bonds is 3. The maximum Gasteiger partial charge on any atom is 0.276 e. The molecule has 23 heavy (non-hydrogen) atoms. The molecule has 122 valence electrons. The molecule has 1 aromatic rings. The van der Waals surface area contributed by atoms with E-state index in [4.69, 9.17) is 0 Å². The molecule has 1 aliphatic rings. The Bertz CT molecular complexity index is 642. The van der Waals surface area contributed by atoms with Gasteiger partial charge in [0.15, 0.2) is 0 Å². The van der Waals surface area contributed by atoms with E-state index in [-0.39, 0.29) is 17.5 Å². The Hall–Kier alpha value is -2.70. The molecule has 7 heteroatoms. The van der Waals surface area contributed by atoms with Crippen LogP contribution in [0.3, 0.4) is 0 Å². The second kappa shape index (κ2) is 7.53. The molecule has 0 atom stereocenters. The van der Waals surface area contributed by atoms with Crippen molar-refractivity contribution >= 4 is 23.6 Å². The summed E-state index contributed by atoms with van der Waals surface area (Å²) in [6.07, 6.45) is 3.55. The third-order valence-corrected chi connectivity index (χ3v) is 3.79. The van der Waals surface area contributed by atoms with Crippen LogP contribution in [-0.4, -0.2) is 52.7 Å². The smallest absolute Gasteiger partial charge is 0.276 e. The van der Waals surface area contributed by atoms with E-state index in [0.29, 0.717) is 31.7 Å². The Morgan fingerprint density at radius 2 is 1.78 bits per heavy atom. The minimum Gasteiger partial charge on any atom is -0.341 e. The zero-order valence-corrected chi connectivity index (χ0v) is 13.0. The second-order valence-corrected chi connectivity index (χ2v) is 5.33. The van der Waals surface area contributed by atoms with E-state index in [2.05, 4.69) is 0 Å². The zero-order chi connectivity index (χ0) is 16.8. The van der Waals surface area contributed by atoms with E-state index in [1.807, 2.05) is 0 Å². The first-order chi connectivity index (χ1) is 11.0. The molecule has 0 aromatic heterocycles. The van der Waals surface area contributed by atoms with E-state index in [0.717, 1.165) is 6.42 Å². The van der Waals surface area contributed by atoms with Gasteiger partial charge in [0, 0.05) is 45.2 Å². The number of carbonyl (C=O) groups is 2. The summed E-state index contributed by atoms with van der Waals surface area (Å²) >= 11 is 0. The molecule has 0 N–H and O–H groups in total. The van der Waals surface area contributed by atoms with Crippen LogP contribution in [0.1, 0.15) is 18.9 Å². The highest BCUT2D eigenvalue weighted by atomic mass is 16.6. The fourth-order valence-corrected chi connectivity index (χ4v) is 2.51. The van der Waals surface area contributed by atoms with Crippen molar-refractivity contribution in [1.29, 1.82) is 0 Å². The monoisotopic (exact) mass is 317 g/mol. The Morgan fingerprint density at radius 3 is 2.48 bits per heavy atom. The molecule has 0 spiro atoms. The first-order valence-corrected chi connectivity index (χ1v) is 7.45. The second-order valence-electron chi connectivity index (χ2n) is 5.33.